The van der Waals surface area contributed by atoms with Crippen molar-refractivity contribution in [3.8, 4) is 0 Å². The summed E-state index contributed by atoms with van der Waals surface area (Å²) in [6.45, 7) is 2.13. The van der Waals surface area contributed by atoms with Gasteiger partial charge in [-0.2, -0.15) is 0 Å². The van der Waals surface area contributed by atoms with E-state index in [9.17, 15) is 9.59 Å². The Morgan fingerprint density at radius 2 is 1.76 bits per heavy atom. The van der Waals surface area contributed by atoms with Crippen molar-refractivity contribution in [1.29, 1.82) is 0 Å². The summed E-state index contributed by atoms with van der Waals surface area (Å²) in [5, 5.41) is 3.39. The third-order valence-corrected chi connectivity index (χ3v) is 4.21. The van der Waals surface area contributed by atoms with E-state index in [2.05, 4.69) is 9.88 Å². The smallest absolute Gasteiger partial charge is 0.261 e. The number of nitrogens with zero attached hydrogens (tertiary/aromatic N) is 2. The Morgan fingerprint density at radius 3 is 2.48 bits per heavy atom. The van der Waals surface area contributed by atoms with Gasteiger partial charge in [0, 0.05) is 25.0 Å². The first kappa shape index (κ1) is 12.3. The van der Waals surface area contributed by atoms with Crippen molar-refractivity contribution < 1.29 is 9.59 Å². The predicted molar refractivity (Wildman–Crippen MR) is 77.0 cm³/mol. The number of rotatable bonds is 2. The number of hydrogen-bond acceptors (Lipinski definition) is 3. The van der Waals surface area contributed by atoms with Gasteiger partial charge in [-0.1, -0.05) is 12.1 Å². The van der Waals surface area contributed by atoms with E-state index in [1.807, 2.05) is 18.3 Å². The van der Waals surface area contributed by atoms with Gasteiger partial charge in [0.15, 0.2) is 0 Å². The van der Waals surface area contributed by atoms with Crippen molar-refractivity contribution in [2.75, 3.05) is 13.1 Å². The van der Waals surface area contributed by atoms with Crippen molar-refractivity contribution in [3.63, 3.8) is 0 Å². The third-order valence-electron chi connectivity index (χ3n) is 4.21. The van der Waals surface area contributed by atoms with Crippen LogP contribution in [0.1, 0.15) is 32.5 Å². The van der Waals surface area contributed by atoms with Crippen LogP contribution in [-0.2, 0) is 6.54 Å². The van der Waals surface area contributed by atoms with E-state index in [0.717, 1.165) is 18.8 Å². The van der Waals surface area contributed by atoms with E-state index in [0.29, 0.717) is 17.7 Å². The third kappa shape index (κ3) is 1.81. The molecular formula is C16H15N3O2. The van der Waals surface area contributed by atoms with Crippen LogP contribution in [-0.4, -0.2) is 34.4 Å². The summed E-state index contributed by atoms with van der Waals surface area (Å²) in [4.78, 5) is 26.2. The molecule has 1 atom stereocenters. The lowest BCUT2D eigenvalue weighted by Gasteiger charge is -2.29. The lowest BCUT2D eigenvalue weighted by molar-refractivity contribution is 0.0634. The average molecular weight is 281 g/mol. The monoisotopic (exact) mass is 281 g/mol. The zero-order valence-electron chi connectivity index (χ0n) is 11.5. The molecule has 1 aromatic carbocycles. The molecule has 3 heterocycles. The van der Waals surface area contributed by atoms with Gasteiger partial charge in [0.05, 0.1) is 23.7 Å². The second-order valence-electron chi connectivity index (χ2n) is 5.40. The van der Waals surface area contributed by atoms with Gasteiger partial charge in [-0.3, -0.25) is 14.5 Å². The molecule has 1 N–H and O–H groups in total. The van der Waals surface area contributed by atoms with Crippen molar-refractivity contribution in [2.45, 2.75) is 12.6 Å². The fraction of sp³-hybridized carbons (Fsp3) is 0.250. The van der Waals surface area contributed by atoms with Gasteiger partial charge in [-0.25, -0.2) is 0 Å². The number of fused-ring (bicyclic) bond motifs is 2. The van der Waals surface area contributed by atoms with Crippen LogP contribution >= 0.6 is 0 Å². The highest BCUT2D eigenvalue weighted by Crippen LogP contribution is 2.26. The molecule has 0 spiro atoms. The van der Waals surface area contributed by atoms with Crippen molar-refractivity contribution in [1.82, 2.24) is 14.8 Å². The Labute approximate surface area is 122 Å². The maximum Gasteiger partial charge on any atom is 0.261 e. The topological polar surface area (TPSA) is 54.3 Å². The lowest BCUT2D eigenvalue weighted by atomic mass is 10.1. The predicted octanol–water partition coefficient (Wildman–Crippen LogP) is 1.43. The normalized spacial score (nSPS) is 20.6. The van der Waals surface area contributed by atoms with Gasteiger partial charge in [-0.15, -0.1) is 0 Å². The molecule has 2 aliphatic heterocycles. The molecule has 0 aliphatic carbocycles. The Balaban J connectivity index is 1.63. The number of nitrogens with one attached hydrogen (secondary N) is 1. The SMILES string of the molecule is O=C1c2ccccc2C(=O)N1C[C@@H]1NCCn2cccc21. The summed E-state index contributed by atoms with van der Waals surface area (Å²) in [7, 11) is 0. The molecule has 0 radical (unpaired) electrons. The second kappa shape index (κ2) is 4.56. The highest BCUT2D eigenvalue weighted by atomic mass is 16.2. The number of hydrogen-bond donors (Lipinski definition) is 1. The maximum absolute atomic E-state index is 12.4. The quantitative estimate of drug-likeness (QED) is 0.847. The lowest BCUT2D eigenvalue weighted by Crippen LogP contribution is -2.42. The van der Waals surface area contributed by atoms with Crippen molar-refractivity contribution >= 4 is 11.8 Å². The molecule has 21 heavy (non-hydrogen) atoms. The number of amides is 2. The Bertz CT molecular complexity index is 700. The van der Waals surface area contributed by atoms with Gasteiger partial charge < -0.3 is 9.88 Å². The highest BCUT2D eigenvalue weighted by Gasteiger charge is 2.37. The highest BCUT2D eigenvalue weighted by molar-refractivity contribution is 6.21. The fourth-order valence-corrected chi connectivity index (χ4v) is 3.16. The molecular weight excluding hydrogens is 266 g/mol. The first-order chi connectivity index (χ1) is 10.3. The molecule has 0 unspecified atom stereocenters. The standard InChI is InChI=1S/C16H15N3O2/c20-15-11-4-1-2-5-12(11)16(21)19(15)10-13-14-6-3-8-18(14)9-7-17-13/h1-6,8,13,17H,7,9-10H2/t13-/m0/s1. The minimum absolute atomic E-state index is 0.00374. The van der Waals surface area contributed by atoms with Crippen LogP contribution in [0, 0.1) is 0 Å². The van der Waals surface area contributed by atoms with Crippen LogP contribution < -0.4 is 5.32 Å². The number of carbonyl (C=O) groups is 2. The maximum atomic E-state index is 12.4. The number of imide groups is 1. The van der Waals surface area contributed by atoms with Gasteiger partial charge in [0.1, 0.15) is 0 Å². The summed E-state index contributed by atoms with van der Waals surface area (Å²) in [6.07, 6.45) is 2.03. The Kier molecular flexibility index (Phi) is 2.68. The molecule has 0 saturated carbocycles. The van der Waals surface area contributed by atoms with Crippen LogP contribution in [0.4, 0.5) is 0 Å². The summed E-state index contributed by atoms with van der Waals surface area (Å²) in [5.74, 6) is -0.387. The molecule has 0 fully saturated rings. The van der Waals surface area contributed by atoms with Crippen LogP contribution in [0.25, 0.3) is 0 Å². The van der Waals surface area contributed by atoms with E-state index < -0.39 is 0 Å². The first-order valence-corrected chi connectivity index (χ1v) is 7.09. The molecule has 5 heteroatoms. The zero-order chi connectivity index (χ0) is 14.4. The van der Waals surface area contributed by atoms with Crippen LogP contribution in [0.15, 0.2) is 42.6 Å². The second-order valence-corrected chi connectivity index (χ2v) is 5.40. The number of benzene rings is 1. The van der Waals surface area contributed by atoms with E-state index in [-0.39, 0.29) is 17.9 Å². The van der Waals surface area contributed by atoms with Crippen LogP contribution in [0.2, 0.25) is 0 Å². The minimum Gasteiger partial charge on any atom is -0.349 e. The largest absolute Gasteiger partial charge is 0.349 e. The molecule has 5 nitrogen and oxygen atoms in total. The molecule has 2 aliphatic rings. The summed E-state index contributed by atoms with van der Waals surface area (Å²) in [6, 6.07) is 11.0. The van der Waals surface area contributed by atoms with Crippen molar-refractivity contribution in [3.05, 3.63) is 59.4 Å². The van der Waals surface area contributed by atoms with Gasteiger partial charge >= 0.3 is 0 Å². The van der Waals surface area contributed by atoms with E-state index in [1.165, 1.54) is 4.90 Å². The molecule has 0 bridgehead atoms. The molecule has 2 amide bonds. The summed E-state index contributed by atoms with van der Waals surface area (Å²) in [5.41, 5.74) is 2.14. The van der Waals surface area contributed by atoms with E-state index in [1.54, 1.807) is 24.3 Å². The molecule has 106 valence electrons. The zero-order valence-corrected chi connectivity index (χ0v) is 11.5. The van der Waals surface area contributed by atoms with E-state index in [4.69, 9.17) is 0 Å². The molecule has 2 aromatic rings. The van der Waals surface area contributed by atoms with Gasteiger partial charge in [-0.05, 0) is 24.3 Å². The summed E-state index contributed by atoms with van der Waals surface area (Å²) >= 11 is 0. The summed E-state index contributed by atoms with van der Waals surface area (Å²) < 4.78 is 2.17. The first-order valence-electron chi connectivity index (χ1n) is 7.09. The Morgan fingerprint density at radius 1 is 1.05 bits per heavy atom. The van der Waals surface area contributed by atoms with Gasteiger partial charge in [0.2, 0.25) is 0 Å². The molecule has 4 rings (SSSR count). The van der Waals surface area contributed by atoms with Crippen LogP contribution in [0.5, 0.6) is 0 Å². The fourth-order valence-electron chi connectivity index (χ4n) is 3.16. The van der Waals surface area contributed by atoms with Crippen molar-refractivity contribution in [2.24, 2.45) is 0 Å². The van der Waals surface area contributed by atoms with Gasteiger partial charge in [0.25, 0.3) is 11.8 Å². The molecule has 1 aromatic heterocycles. The minimum atomic E-state index is -0.193. The number of aromatic nitrogens is 1. The Hall–Kier alpha value is -2.40. The molecule has 0 saturated heterocycles. The van der Waals surface area contributed by atoms with E-state index >= 15 is 0 Å². The van der Waals surface area contributed by atoms with Crippen LogP contribution in [0.3, 0.4) is 0 Å². The average Bonchev–Trinajstić information content (AvgIpc) is 3.08. The number of carbonyl (C=O) groups excluding carboxylic acids is 2.